The zero-order valence-corrected chi connectivity index (χ0v) is 16.6. The number of hydrogen-bond donors (Lipinski definition) is 1. The summed E-state index contributed by atoms with van der Waals surface area (Å²) < 4.78 is 2.10. The third-order valence-electron chi connectivity index (χ3n) is 5.41. The van der Waals surface area contributed by atoms with Crippen LogP contribution in [0.4, 0.5) is 5.69 Å². The van der Waals surface area contributed by atoms with Gasteiger partial charge >= 0.3 is 0 Å². The van der Waals surface area contributed by atoms with E-state index in [4.69, 9.17) is 0 Å². The number of nitrogens with one attached hydrogen (secondary N) is 1. The summed E-state index contributed by atoms with van der Waals surface area (Å²) in [6.07, 6.45) is 8.27. The van der Waals surface area contributed by atoms with Gasteiger partial charge in [0.15, 0.2) is 10.9 Å². The number of anilines is 1. The van der Waals surface area contributed by atoms with Gasteiger partial charge in [-0.25, -0.2) is 0 Å². The monoisotopic (exact) mass is 396 g/mol. The van der Waals surface area contributed by atoms with Gasteiger partial charge < -0.3 is 9.88 Å². The maximum absolute atomic E-state index is 12.7. The number of thioether (sulfide) groups is 1. The predicted octanol–water partition coefficient (Wildman–Crippen LogP) is 3.98. The quantitative estimate of drug-likeness (QED) is 0.435. The summed E-state index contributed by atoms with van der Waals surface area (Å²) in [4.78, 5) is 24.2. The van der Waals surface area contributed by atoms with Crippen molar-refractivity contribution in [3.8, 4) is 0 Å². The van der Waals surface area contributed by atoms with Gasteiger partial charge in [-0.2, -0.15) is 0 Å². The maximum Gasteiger partial charge on any atom is 0.228 e. The molecule has 4 rings (SSSR count). The number of hydrogen-bond acceptors (Lipinski definition) is 5. The van der Waals surface area contributed by atoms with Crippen LogP contribution in [0.5, 0.6) is 0 Å². The number of carbonyl (C=O) groups is 2. The fourth-order valence-electron chi connectivity index (χ4n) is 3.99. The zero-order valence-electron chi connectivity index (χ0n) is 15.8. The number of ketones is 1. The molecule has 2 aromatic rings. The van der Waals surface area contributed by atoms with Crippen LogP contribution in [-0.2, 0) is 17.8 Å². The number of benzene rings is 1. The van der Waals surface area contributed by atoms with E-state index in [1.807, 2.05) is 12.1 Å². The van der Waals surface area contributed by atoms with E-state index in [0.29, 0.717) is 30.2 Å². The Hall–Kier alpha value is -2.41. The van der Waals surface area contributed by atoms with Gasteiger partial charge in [0.25, 0.3) is 0 Å². The number of rotatable bonds is 7. The zero-order chi connectivity index (χ0) is 19.5. The second-order valence-corrected chi connectivity index (χ2v) is 8.33. The third-order valence-corrected chi connectivity index (χ3v) is 6.38. The van der Waals surface area contributed by atoms with Crippen LogP contribution in [0, 0.1) is 0 Å². The van der Waals surface area contributed by atoms with Crippen molar-refractivity contribution in [3.63, 3.8) is 0 Å². The van der Waals surface area contributed by atoms with Gasteiger partial charge in [0.1, 0.15) is 5.82 Å². The van der Waals surface area contributed by atoms with E-state index in [1.54, 1.807) is 12.1 Å². The molecule has 1 saturated carbocycles. The van der Waals surface area contributed by atoms with Crippen LogP contribution in [0.3, 0.4) is 0 Å². The molecule has 0 radical (unpaired) electrons. The lowest BCUT2D eigenvalue weighted by Crippen LogP contribution is -2.13. The SMILES string of the molecule is C=CCn1c(SCC(=O)c2ccc3c(c2)CC(=O)N3)nnc1C1CCCCC1. The molecular formula is C21H24N4O2S. The molecule has 7 heteroatoms. The first-order valence-electron chi connectivity index (χ1n) is 9.78. The van der Waals surface area contributed by atoms with Gasteiger partial charge in [-0.15, -0.1) is 16.8 Å². The number of Topliss-reactive ketones (excluding diaryl/α,β-unsaturated/α-hetero) is 1. The molecule has 1 aromatic carbocycles. The van der Waals surface area contributed by atoms with Crippen molar-refractivity contribution in [2.24, 2.45) is 0 Å². The van der Waals surface area contributed by atoms with Crippen molar-refractivity contribution in [1.29, 1.82) is 0 Å². The highest BCUT2D eigenvalue weighted by molar-refractivity contribution is 7.99. The minimum atomic E-state index is -0.0262. The fourth-order valence-corrected chi connectivity index (χ4v) is 4.84. The van der Waals surface area contributed by atoms with E-state index >= 15 is 0 Å². The minimum absolute atomic E-state index is 0.0262. The van der Waals surface area contributed by atoms with Crippen LogP contribution in [0.2, 0.25) is 0 Å². The number of aromatic nitrogens is 3. The number of amides is 1. The normalized spacial score (nSPS) is 16.6. The average Bonchev–Trinajstić information content (AvgIpc) is 3.28. The molecule has 0 saturated heterocycles. The van der Waals surface area contributed by atoms with Gasteiger partial charge in [0.05, 0.1) is 12.2 Å². The van der Waals surface area contributed by atoms with Gasteiger partial charge in [-0.1, -0.05) is 37.1 Å². The van der Waals surface area contributed by atoms with Gasteiger partial charge in [0, 0.05) is 23.7 Å². The van der Waals surface area contributed by atoms with Crippen molar-refractivity contribution in [3.05, 3.63) is 47.8 Å². The molecule has 1 aliphatic carbocycles. The molecule has 2 heterocycles. The van der Waals surface area contributed by atoms with Crippen molar-refractivity contribution in [2.45, 2.75) is 56.1 Å². The number of carbonyl (C=O) groups excluding carboxylic acids is 2. The van der Waals surface area contributed by atoms with E-state index < -0.39 is 0 Å². The van der Waals surface area contributed by atoms with Crippen LogP contribution < -0.4 is 5.32 Å². The standard InChI is InChI=1S/C21H24N4O2S/c1-2-10-25-20(14-6-4-3-5-7-14)23-24-21(25)28-13-18(26)15-8-9-17-16(11-15)12-19(27)22-17/h2,8-9,11,14H,1,3-7,10,12-13H2,(H,22,27). The molecular weight excluding hydrogens is 372 g/mol. The molecule has 2 aliphatic rings. The van der Waals surface area contributed by atoms with E-state index in [9.17, 15) is 9.59 Å². The van der Waals surface area contributed by atoms with Crippen molar-refractivity contribution in [1.82, 2.24) is 14.8 Å². The van der Waals surface area contributed by atoms with Crippen LogP contribution in [0.15, 0.2) is 36.0 Å². The lowest BCUT2D eigenvalue weighted by atomic mass is 9.89. The first kappa shape index (κ1) is 18.9. The average molecular weight is 397 g/mol. The predicted molar refractivity (Wildman–Crippen MR) is 110 cm³/mol. The van der Waals surface area contributed by atoms with Gasteiger partial charge in [0.2, 0.25) is 5.91 Å². The maximum atomic E-state index is 12.7. The summed E-state index contributed by atoms with van der Waals surface area (Å²) in [6.45, 7) is 4.51. The summed E-state index contributed by atoms with van der Waals surface area (Å²) >= 11 is 1.42. The van der Waals surface area contributed by atoms with E-state index in [1.165, 1.54) is 31.0 Å². The minimum Gasteiger partial charge on any atom is -0.326 e. The first-order chi connectivity index (χ1) is 13.7. The molecule has 1 fully saturated rings. The third kappa shape index (κ3) is 3.90. The Balaban J connectivity index is 1.46. The highest BCUT2D eigenvalue weighted by atomic mass is 32.2. The highest BCUT2D eigenvalue weighted by Crippen LogP contribution is 2.33. The van der Waals surface area contributed by atoms with Crippen molar-refractivity contribution < 1.29 is 9.59 Å². The molecule has 1 aliphatic heterocycles. The summed E-state index contributed by atoms with van der Waals surface area (Å²) in [5, 5.41) is 12.4. The molecule has 6 nitrogen and oxygen atoms in total. The lowest BCUT2D eigenvalue weighted by Gasteiger charge is -2.21. The molecule has 28 heavy (non-hydrogen) atoms. The van der Waals surface area contributed by atoms with E-state index in [-0.39, 0.29) is 11.7 Å². The summed E-state index contributed by atoms with van der Waals surface area (Å²) in [7, 11) is 0. The Kier molecular flexibility index (Phi) is 5.62. The van der Waals surface area contributed by atoms with Crippen LogP contribution in [0.25, 0.3) is 0 Å². The Morgan fingerprint density at radius 1 is 1.29 bits per heavy atom. The van der Waals surface area contributed by atoms with Gasteiger partial charge in [-0.05, 0) is 36.6 Å². The van der Waals surface area contributed by atoms with Crippen molar-refractivity contribution in [2.75, 3.05) is 11.1 Å². The number of nitrogens with zero attached hydrogens (tertiary/aromatic N) is 3. The Bertz CT molecular complexity index is 915. The van der Waals surface area contributed by atoms with E-state index in [0.717, 1.165) is 35.1 Å². The second kappa shape index (κ2) is 8.31. The smallest absolute Gasteiger partial charge is 0.228 e. The number of fused-ring (bicyclic) bond motifs is 1. The molecule has 0 spiro atoms. The Labute approximate surface area is 168 Å². The first-order valence-corrected chi connectivity index (χ1v) is 10.8. The molecule has 1 aromatic heterocycles. The van der Waals surface area contributed by atoms with Crippen LogP contribution >= 0.6 is 11.8 Å². The fraction of sp³-hybridized carbons (Fsp3) is 0.429. The summed E-state index contributed by atoms with van der Waals surface area (Å²) in [5.74, 6) is 1.77. The largest absolute Gasteiger partial charge is 0.326 e. The Morgan fingerprint density at radius 2 is 2.11 bits per heavy atom. The molecule has 0 unspecified atom stereocenters. The topological polar surface area (TPSA) is 76.9 Å². The van der Waals surface area contributed by atoms with Gasteiger partial charge in [-0.3, -0.25) is 9.59 Å². The molecule has 1 amide bonds. The number of allylic oxidation sites excluding steroid dienone is 1. The van der Waals surface area contributed by atoms with Crippen LogP contribution in [-0.4, -0.2) is 32.2 Å². The van der Waals surface area contributed by atoms with Crippen molar-refractivity contribution >= 4 is 29.1 Å². The molecule has 1 N–H and O–H groups in total. The summed E-state index contributed by atoms with van der Waals surface area (Å²) in [5.41, 5.74) is 2.32. The molecule has 146 valence electrons. The van der Waals surface area contributed by atoms with E-state index in [2.05, 4.69) is 26.7 Å². The lowest BCUT2D eigenvalue weighted by molar-refractivity contribution is -0.115. The molecule has 0 atom stereocenters. The molecule has 0 bridgehead atoms. The Morgan fingerprint density at radius 3 is 2.89 bits per heavy atom. The van der Waals surface area contributed by atoms with Crippen LogP contribution in [0.1, 0.15) is 59.8 Å². The highest BCUT2D eigenvalue weighted by Gasteiger charge is 2.24. The summed E-state index contributed by atoms with van der Waals surface area (Å²) in [6, 6.07) is 5.40. The second-order valence-electron chi connectivity index (χ2n) is 7.38.